The Morgan fingerprint density at radius 2 is 2.07 bits per heavy atom. The maximum atomic E-state index is 15.3. The Labute approximate surface area is 171 Å². The van der Waals surface area contributed by atoms with Gasteiger partial charge in [-0.15, -0.1) is 0 Å². The van der Waals surface area contributed by atoms with Crippen LogP contribution in [0.4, 0.5) is 10.1 Å². The summed E-state index contributed by atoms with van der Waals surface area (Å²) in [5, 5.41) is 23.4. The average Bonchev–Trinajstić information content (AvgIpc) is 3.47. The number of aromatic nitrogens is 1. The Bertz CT molecular complexity index is 1100. The molecule has 8 nitrogen and oxygen atoms in total. The lowest BCUT2D eigenvalue weighted by Crippen LogP contribution is -2.40. The standard InChI is InChI=1S/C21H24FN3O5/c1-30-20-15-12(18(26)19(27)17(21(28)29)25(15)11-4-5-11)7-13(22)16(20)24-8-10-3-2-6-23-14(10)9-24/h7,10-11,14,23,27H,2-6,8-9H2,1H3,(H,28,29). The van der Waals surface area contributed by atoms with Crippen LogP contribution in [0.25, 0.3) is 10.9 Å². The summed E-state index contributed by atoms with van der Waals surface area (Å²) in [6.45, 7) is 2.21. The number of fused-ring (bicyclic) bond motifs is 2. The number of hydrogen-bond acceptors (Lipinski definition) is 6. The molecule has 1 saturated carbocycles. The van der Waals surface area contributed by atoms with Crippen molar-refractivity contribution < 1.29 is 24.1 Å². The van der Waals surface area contributed by atoms with E-state index in [4.69, 9.17) is 4.74 Å². The van der Waals surface area contributed by atoms with E-state index in [0.29, 0.717) is 31.8 Å². The van der Waals surface area contributed by atoms with Crippen LogP contribution >= 0.6 is 0 Å². The third kappa shape index (κ3) is 2.75. The van der Waals surface area contributed by atoms with E-state index in [1.54, 1.807) is 0 Å². The lowest BCUT2D eigenvalue weighted by atomic mass is 9.94. The molecule has 3 heterocycles. The number of aromatic carboxylic acids is 1. The summed E-state index contributed by atoms with van der Waals surface area (Å²) in [6, 6.07) is 1.19. The summed E-state index contributed by atoms with van der Waals surface area (Å²) in [5.41, 5.74) is -0.890. The van der Waals surface area contributed by atoms with E-state index < -0.39 is 28.7 Å². The minimum Gasteiger partial charge on any atom is -0.502 e. The number of anilines is 1. The molecule has 2 aromatic rings. The summed E-state index contributed by atoms with van der Waals surface area (Å²) in [7, 11) is 1.40. The van der Waals surface area contributed by atoms with Crippen molar-refractivity contribution in [1.29, 1.82) is 0 Å². The second-order valence-corrected chi connectivity index (χ2v) is 8.44. The van der Waals surface area contributed by atoms with Crippen LogP contribution in [-0.2, 0) is 0 Å². The van der Waals surface area contributed by atoms with Gasteiger partial charge in [-0.1, -0.05) is 0 Å². The Balaban J connectivity index is 1.78. The molecule has 2 unspecified atom stereocenters. The van der Waals surface area contributed by atoms with Crippen molar-refractivity contribution in [1.82, 2.24) is 9.88 Å². The number of benzene rings is 1. The predicted molar refractivity (Wildman–Crippen MR) is 108 cm³/mol. The SMILES string of the molecule is COc1c(N2CC3CCCNC3C2)c(F)cc2c(=O)c(O)c(C(=O)O)n(C3CC3)c12. The van der Waals surface area contributed by atoms with Gasteiger partial charge in [0.1, 0.15) is 5.69 Å². The molecule has 1 aromatic heterocycles. The van der Waals surface area contributed by atoms with E-state index >= 15 is 4.39 Å². The molecule has 1 aromatic carbocycles. The first kappa shape index (κ1) is 19.2. The zero-order chi connectivity index (χ0) is 21.2. The Kier molecular flexibility index (Phi) is 4.39. The monoisotopic (exact) mass is 417 g/mol. The largest absolute Gasteiger partial charge is 0.502 e. The van der Waals surface area contributed by atoms with Crippen molar-refractivity contribution in [3.05, 3.63) is 27.8 Å². The minimum absolute atomic E-state index is 0.0720. The second-order valence-electron chi connectivity index (χ2n) is 8.44. The van der Waals surface area contributed by atoms with Gasteiger partial charge in [-0.25, -0.2) is 9.18 Å². The Morgan fingerprint density at radius 1 is 1.30 bits per heavy atom. The van der Waals surface area contributed by atoms with E-state index in [2.05, 4.69) is 5.32 Å². The molecule has 1 aliphatic carbocycles. The second kappa shape index (κ2) is 6.87. The topological polar surface area (TPSA) is 104 Å². The quantitative estimate of drug-likeness (QED) is 0.700. The molecule has 0 spiro atoms. The molecule has 0 amide bonds. The third-order valence-electron chi connectivity index (χ3n) is 6.58. The number of halogens is 1. The molecule has 9 heteroatoms. The zero-order valence-corrected chi connectivity index (χ0v) is 16.7. The van der Waals surface area contributed by atoms with Crippen molar-refractivity contribution >= 4 is 22.6 Å². The molecule has 2 saturated heterocycles. The van der Waals surface area contributed by atoms with Crippen LogP contribution in [0, 0.1) is 11.7 Å². The van der Waals surface area contributed by atoms with Crippen LogP contribution in [0.2, 0.25) is 0 Å². The molecule has 5 rings (SSSR count). The summed E-state index contributed by atoms with van der Waals surface area (Å²) < 4.78 is 22.4. The molecule has 2 atom stereocenters. The molecule has 30 heavy (non-hydrogen) atoms. The molecule has 3 aliphatic rings. The number of nitrogens with one attached hydrogen (secondary N) is 1. The molecular formula is C21H24FN3O5. The number of rotatable bonds is 4. The predicted octanol–water partition coefficient (Wildman–Crippen LogP) is 2.08. The van der Waals surface area contributed by atoms with E-state index in [-0.39, 0.29) is 34.4 Å². The molecule has 3 fully saturated rings. The van der Waals surface area contributed by atoms with Gasteiger partial charge in [0, 0.05) is 25.2 Å². The van der Waals surface area contributed by atoms with E-state index in [0.717, 1.165) is 25.5 Å². The van der Waals surface area contributed by atoms with Gasteiger partial charge in [-0.05, 0) is 44.2 Å². The lowest BCUT2D eigenvalue weighted by Gasteiger charge is -2.25. The van der Waals surface area contributed by atoms with Gasteiger partial charge in [-0.2, -0.15) is 0 Å². The summed E-state index contributed by atoms with van der Waals surface area (Å²) in [6.07, 6.45) is 3.57. The van der Waals surface area contributed by atoms with Crippen LogP contribution in [0.5, 0.6) is 11.5 Å². The third-order valence-corrected chi connectivity index (χ3v) is 6.58. The van der Waals surface area contributed by atoms with Crippen molar-refractivity contribution in [2.45, 2.75) is 37.8 Å². The molecule has 160 valence electrons. The number of carbonyl (C=O) groups is 1. The van der Waals surface area contributed by atoms with Gasteiger partial charge in [0.2, 0.25) is 5.43 Å². The maximum absolute atomic E-state index is 15.3. The highest BCUT2D eigenvalue weighted by Crippen LogP contribution is 2.46. The van der Waals surface area contributed by atoms with Crippen LogP contribution in [0.15, 0.2) is 10.9 Å². The summed E-state index contributed by atoms with van der Waals surface area (Å²) in [5.74, 6) is -2.33. The number of aromatic hydroxyl groups is 1. The number of carboxylic acids is 1. The number of ether oxygens (including phenoxy) is 1. The fraction of sp³-hybridized carbons (Fsp3) is 0.524. The van der Waals surface area contributed by atoms with E-state index in [1.165, 1.54) is 11.7 Å². The van der Waals surface area contributed by atoms with Gasteiger partial charge in [0.25, 0.3) is 0 Å². The number of pyridine rings is 1. The Hall–Kier alpha value is -2.81. The first-order valence-corrected chi connectivity index (χ1v) is 10.3. The van der Waals surface area contributed by atoms with Crippen LogP contribution in [0.3, 0.4) is 0 Å². The first-order valence-electron chi connectivity index (χ1n) is 10.3. The normalized spacial score (nSPS) is 23.6. The zero-order valence-electron chi connectivity index (χ0n) is 16.7. The fourth-order valence-corrected chi connectivity index (χ4v) is 5.10. The molecule has 0 radical (unpaired) electrons. The maximum Gasteiger partial charge on any atom is 0.356 e. The van der Waals surface area contributed by atoms with Gasteiger partial charge < -0.3 is 29.7 Å². The molecular weight excluding hydrogens is 393 g/mol. The van der Waals surface area contributed by atoms with Gasteiger partial charge in [0.15, 0.2) is 23.0 Å². The van der Waals surface area contributed by atoms with Crippen LogP contribution in [-0.4, -0.2) is 53.5 Å². The van der Waals surface area contributed by atoms with E-state index in [9.17, 15) is 19.8 Å². The van der Waals surface area contributed by atoms with Crippen molar-refractivity contribution in [3.63, 3.8) is 0 Å². The Morgan fingerprint density at radius 3 is 2.70 bits per heavy atom. The number of piperidine rings is 1. The summed E-state index contributed by atoms with van der Waals surface area (Å²) in [4.78, 5) is 26.6. The fourth-order valence-electron chi connectivity index (χ4n) is 5.10. The smallest absolute Gasteiger partial charge is 0.356 e. The number of carboxylic acid groups (broad SMARTS) is 1. The number of methoxy groups -OCH3 is 1. The lowest BCUT2D eigenvalue weighted by molar-refractivity contribution is 0.0680. The number of hydrogen-bond donors (Lipinski definition) is 3. The molecule has 0 bridgehead atoms. The van der Waals surface area contributed by atoms with Crippen LogP contribution < -0.4 is 20.4 Å². The highest BCUT2D eigenvalue weighted by Gasteiger charge is 2.39. The number of nitrogens with zero attached hydrogens (tertiary/aromatic N) is 2. The molecule has 3 N–H and O–H groups in total. The molecule has 2 aliphatic heterocycles. The van der Waals surface area contributed by atoms with E-state index in [1.807, 2.05) is 4.90 Å². The van der Waals surface area contributed by atoms with Crippen molar-refractivity contribution in [2.24, 2.45) is 5.92 Å². The first-order chi connectivity index (χ1) is 14.4. The van der Waals surface area contributed by atoms with Gasteiger partial charge in [-0.3, -0.25) is 4.79 Å². The summed E-state index contributed by atoms with van der Waals surface area (Å²) >= 11 is 0. The van der Waals surface area contributed by atoms with Gasteiger partial charge in [0.05, 0.1) is 18.0 Å². The average molecular weight is 417 g/mol. The van der Waals surface area contributed by atoms with Crippen molar-refractivity contribution in [2.75, 3.05) is 31.6 Å². The van der Waals surface area contributed by atoms with Crippen molar-refractivity contribution in [3.8, 4) is 11.5 Å². The highest BCUT2D eigenvalue weighted by atomic mass is 19.1. The minimum atomic E-state index is -1.40. The van der Waals surface area contributed by atoms with Crippen LogP contribution in [0.1, 0.15) is 42.2 Å². The highest BCUT2D eigenvalue weighted by molar-refractivity contribution is 5.98. The van der Waals surface area contributed by atoms with Gasteiger partial charge >= 0.3 is 5.97 Å².